The van der Waals surface area contributed by atoms with E-state index in [1.807, 2.05) is 0 Å². The number of hydrogen-bond donors (Lipinski definition) is 2. The molecule has 7 heteroatoms. The second-order valence-corrected chi connectivity index (χ2v) is 3.22. The van der Waals surface area contributed by atoms with Crippen molar-refractivity contribution in [3.8, 4) is 0 Å². The molecular formula is C8H15N3O4. The molecule has 7 nitrogen and oxygen atoms in total. The zero-order valence-corrected chi connectivity index (χ0v) is 8.73. The van der Waals surface area contributed by atoms with E-state index in [-0.39, 0.29) is 6.10 Å². The van der Waals surface area contributed by atoms with Gasteiger partial charge in [-0.15, -0.1) is 0 Å². The zero-order valence-electron chi connectivity index (χ0n) is 8.73. The van der Waals surface area contributed by atoms with Crippen LogP contribution in [0.1, 0.15) is 13.8 Å². The van der Waals surface area contributed by atoms with E-state index in [1.54, 1.807) is 13.8 Å². The van der Waals surface area contributed by atoms with Gasteiger partial charge in [0.25, 0.3) is 0 Å². The highest BCUT2D eigenvalue weighted by Crippen LogP contribution is 1.97. The Morgan fingerprint density at radius 1 is 1.13 bits per heavy atom. The maximum absolute atomic E-state index is 11.3. The van der Waals surface area contributed by atoms with Crippen LogP contribution >= 0.6 is 0 Å². The molecule has 0 saturated carbocycles. The van der Waals surface area contributed by atoms with Crippen molar-refractivity contribution >= 4 is 17.9 Å². The summed E-state index contributed by atoms with van der Waals surface area (Å²) in [6.45, 7) is 2.50. The molecule has 0 radical (unpaired) electrons. The molecule has 0 heterocycles. The number of rotatable bonds is 5. The summed E-state index contributed by atoms with van der Waals surface area (Å²) in [5.41, 5.74) is 9.79. The van der Waals surface area contributed by atoms with E-state index >= 15 is 0 Å². The van der Waals surface area contributed by atoms with E-state index in [0.717, 1.165) is 4.90 Å². The van der Waals surface area contributed by atoms with Gasteiger partial charge in [-0.05, 0) is 13.8 Å². The van der Waals surface area contributed by atoms with Gasteiger partial charge in [0.05, 0.1) is 6.10 Å². The number of ether oxygens (including phenoxy) is 1. The minimum absolute atomic E-state index is 0.347. The minimum atomic E-state index is -0.789. The van der Waals surface area contributed by atoms with Crippen LogP contribution in [0.4, 0.5) is 4.79 Å². The van der Waals surface area contributed by atoms with Gasteiger partial charge in [-0.3, -0.25) is 14.5 Å². The molecule has 0 aromatic rings. The molecule has 0 saturated heterocycles. The molecule has 0 aliphatic rings. The van der Waals surface area contributed by atoms with Crippen molar-refractivity contribution in [2.75, 3.05) is 13.1 Å². The Labute approximate surface area is 87.3 Å². The maximum Gasteiger partial charge on any atom is 0.410 e. The van der Waals surface area contributed by atoms with Gasteiger partial charge >= 0.3 is 6.09 Å². The second kappa shape index (κ2) is 5.84. The fourth-order valence-corrected chi connectivity index (χ4v) is 0.837. The van der Waals surface area contributed by atoms with Gasteiger partial charge in [0, 0.05) is 0 Å². The first kappa shape index (κ1) is 13.2. The molecular weight excluding hydrogens is 202 g/mol. The number of amides is 3. The van der Waals surface area contributed by atoms with Crippen molar-refractivity contribution < 1.29 is 19.1 Å². The van der Waals surface area contributed by atoms with E-state index in [1.165, 1.54) is 0 Å². The summed E-state index contributed by atoms with van der Waals surface area (Å²) >= 11 is 0. The van der Waals surface area contributed by atoms with Crippen LogP contribution in [0.25, 0.3) is 0 Å². The molecule has 4 N–H and O–H groups in total. The first-order valence-corrected chi connectivity index (χ1v) is 4.35. The molecule has 3 amide bonds. The molecule has 0 aromatic heterocycles. The minimum Gasteiger partial charge on any atom is -0.447 e. The average Bonchev–Trinajstić information content (AvgIpc) is 1.99. The van der Waals surface area contributed by atoms with Crippen molar-refractivity contribution in [1.82, 2.24) is 4.90 Å². The zero-order chi connectivity index (χ0) is 12.0. The van der Waals surface area contributed by atoms with Gasteiger partial charge in [0.1, 0.15) is 13.1 Å². The molecule has 0 aliphatic heterocycles. The number of nitrogens with two attached hydrogens (primary N) is 2. The van der Waals surface area contributed by atoms with Crippen LogP contribution in [0, 0.1) is 0 Å². The van der Waals surface area contributed by atoms with Crippen molar-refractivity contribution in [2.45, 2.75) is 20.0 Å². The Kier molecular flexibility index (Phi) is 5.14. The second-order valence-electron chi connectivity index (χ2n) is 3.22. The van der Waals surface area contributed by atoms with Crippen molar-refractivity contribution in [1.29, 1.82) is 0 Å². The lowest BCUT2D eigenvalue weighted by Crippen LogP contribution is -2.44. The molecule has 0 spiro atoms. The van der Waals surface area contributed by atoms with E-state index in [2.05, 4.69) is 0 Å². The molecule has 0 atom stereocenters. The lowest BCUT2D eigenvalue weighted by atomic mass is 10.4. The van der Waals surface area contributed by atoms with Crippen LogP contribution in [0.15, 0.2) is 0 Å². The third kappa shape index (κ3) is 6.30. The Morgan fingerprint density at radius 3 is 1.80 bits per heavy atom. The largest absolute Gasteiger partial charge is 0.447 e. The van der Waals surface area contributed by atoms with Gasteiger partial charge in [-0.2, -0.15) is 0 Å². The van der Waals surface area contributed by atoms with Gasteiger partial charge in [0.15, 0.2) is 0 Å². The van der Waals surface area contributed by atoms with Crippen molar-refractivity contribution in [3.63, 3.8) is 0 Å². The molecule has 0 bridgehead atoms. The standard InChI is InChI=1S/C8H15N3O4/c1-5(2)15-8(14)11(3-6(9)12)4-7(10)13/h5H,3-4H2,1-2H3,(H2,9,12)(H2,10,13). The smallest absolute Gasteiger partial charge is 0.410 e. The third-order valence-corrected chi connectivity index (χ3v) is 1.29. The van der Waals surface area contributed by atoms with Crippen LogP contribution in [0.5, 0.6) is 0 Å². The molecule has 0 unspecified atom stereocenters. The first-order valence-electron chi connectivity index (χ1n) is 4.35. The van der Waals surface area contributed by atoms with Crippen LogP contribution in [-0.4, -0.2) is 42.0 Å². The van der Waals surface area contributed by atoms with Crippen LogP contribution < -0.4 is 11.5 Å². The highest BCUT2D eigenvalue weighted by atomic mass is 16.6. The number of carbonyl (C=O) groups is 3. The normalized spacial score (nSPS) is 9.80. The highest BCUT2D eigenvalue weighted by Gasteiger charge is 2.19. The Hall–Kier alpha value is -1.79. The molecule has 86 valence electrons. The fourth-order valence-electron chi connectivity index (χ4n) is 0.837. The van der Waals surface area contributed by atoms with Gasteiger partial charge in [-0.1, -0.05) is 0 Å². The van der Waals surface area contributed by atoms with Crippen LogP contribution in [0.3, 0.4) is 0 Å². The summed E-state index contributed by atoms with van der Waals surface area (Å²) in [7, 11) is 0. The Balaban J connectivity index is 4.40. The average molecular weight is 217 g/mol. The molecule has 15 heavy (non-hydrogen) atoms. The van der Waals surface area contributed by atoms with Gasteiger partial charge in [0.2, 0.25) is 11.8 Å². The van der Waals surface area contributed by atoms with Crippen molar-refractivity contribution in [3.05, 3.63) is 0 Å². The van der Waals surface area contributed by atoms with Crippen molar-refractivity contribution in [2.24, 2.45) is 11.5 Å². The van der Waals surface area contributed by atoms with E-state index in [0.29, 0.717) is 0 Å². The Bertz CT molecular complexity index is 249. The summed E-state index contributed by atoms with van der Waals surface area (Å²) in [6, 6.07) is 0. The number of carbonyl (C=O) groups excluding carboxylic acids is 3. The number of nitrogens with zero attached hydrogens (tertiary/aromatic N) is 1. The number of primary amides is 2. The van der Waals surface area contributed by atoms with E-state index in [9.17, 15) is 14.4 Å². The fraction of sp³-hybridized carbons (Fsp3) is 0.625. The lowest BCUT2D eigenvalue weighted by Gasteiger charge is -2.20. The summed E-state index contributed by atoms with van der Waals surface area (Å²) in [6.07, 6.45) is -1.14. The molecule has 0 fully saturated rings. The van der Waals surface area contributed by atoms with E-state index < -0.39 is 31.0 Å². The molecule has 0 aromatic carbocycles. The molecule has 0 aliphatic carbocycles. The van der Waals surface area contributed by atoms with Gasteiger partial charge < -0.3 is 16.2 Å². The van der Waals surface area contributed by atoms with Crippen LogP contribution in [-0.2, 0) is 14.3 Å². The van der Waals surface area contributed by atoms with E-state index in [4.69, 9.17) is 16.2 Å². The monoisotopic (exact) mass is 217 g/mol. The topological polar surface area (TPSA) is 116 Å². The highest BCUT2D eigenvalue weighted by molar-refractivity contribution is 5.85. The quantitative estimate of drug-likeness (QED) is 0.601. The Morgan fingerprint density at radius 2 is 1.53 bits per heavy atom. The summed E-state index contributed by atoms with van der Waals surface area (Å²) in [4.78, 5) is 33.4. The SMILES string of the molecule is CC(C)OC(=O)N(CC(N)=O)CC(N)=O. The maximum atomic E-state index is 11.3. The lowest BCUT2D eigenvalue weighted by molar-refractivity contribution is -0.121. The summed E-state index contributed by atoms with van der Waals surface area (Å²) < 4.78 is 4.79. The third-order valence-electron chi connectivity index (χ3n) is 1.29. The van der Waals surface area contributed by atoms with Gasteiger partial charge in [-0.25, -0.2) is 4.79 Å². The predicted molar refractivity (Wildman–Crippen MR) is 51.6 cm³/mol. The predicted octanol–water partition coefficient (Wildman–Crippen LogP) is -1.20. The number of hydrogen-bond acceptors (Lipinski definition) is 4. The summed E-state index contributed by atoms with van der Waals surface area (Å²) in [5, 5.41) is 0. The van der Waals surface area contributed by atoms with Crippen LogP contribution in [0.2, 0.25) is 0 Å². The first-order chi connectivity index (χ1) is 6.82. The molecule has 0 rings (SSSR count). The summed E-state index contributed by atoms with van der Waals surface area (Å²) in [5.74, 6) is -1.48.